The molecular weight excluding hydrogens is 302 g/mol. The number of hydrogen-bond donors (Lipinski definition) is 1. The van der Waals surface area contributed by atoms with Crippen molar-refractivity contribution in [3.8, 4) is 0 Å². The van der Waals surface area contributed by atoms with Crippen LogP contribution >= 0.6 is 0 Å². The molecule has 7 heteroatoms. The van der Waals surface area contributed by atoms with E-state index in [2.05, 4.69) is 0 Å². The van der Waals surface area contributed by atoms with Crippen molar-refractivity contribution in [2.45, 2.75) is 31.4 Å². The summed E-state index contributed by atoms with van der Waals surface area (Å²) in [4.78, 5) is 23.4. The molecule has 1 aromatic carbocycles. The van der Waals surface area contributed by atoms with Gasteiger partial charge < -0.3 is 14.6 Å². The second-order valence-electron chi connectivity index (χ2n) is 5.22. The molecule has 0 fully saturated rings. The van der Waals surface area contributed by atoms with E-state index in [-0.39, 0.29) is 24.4 Å². The number of aliphatic hydroxyl groups is 1. The largest absolute Gasteiger partial charge is 0.512 e. The van der Waals surface area contributed by atoms with Gasteiger partial charge >= 0.3 is 5.97 Å². The molecule has 0 bridgehead atoms. The highest BCUT2D eigenvalue weighted by Gasteiger charge is 2.50. The van der Waals surface area contributed by atoms with Gasteiger partial charge in [-0.25, -0.2) is 4.79 Å². The van der Waals surface area contributed by atoms with E-state index in [0.717, 1.165) is 0 Å². The lowest BCUT2D eigenvalue weighted by atomic mass is 9.76. The Morgan fingerprint density at radius 3 is 2.57 bits per heavy atom. The highest BCUT2D eigenvalue weighted by atomic mass is 16.6. The van der Waals surface area contributed by atoms with Crippen molar-refractivity contribution in [2.24, 2.45) is 0 Å². The van der Waals surface area contributed by atoms with E-state index < -0.39 is 29.0 Å². The third-order valence-corrected chi connectivity index (χ3v) is 3.94. The fourth-order valence-corrected chi connectivity index (χ4v) is 2.94. The molecule has 0 amide bonds. The van der Waals surface area contributed by atoms with E-state index in [4.69, 9.17) is 9.47 Å². The molecule has 0 spiro atoms. The first-order chi connectivity index (χ1) is 11.0. The average molecular weight is 321 g/mol. The maximum Gasteiger partial charge on any atom is 0.338 e. The van der Waals surface area contributed by atoms with Crippen molar-refractivity contribution in [2.75, 3.05) is 13.7 Å². The van der Waals surface area contributed by atoms with Gasteiger partial charge in [0.25, 0.3) is 0 Å². The number of carbonyl (C=O) groups is 1. The number of hydrogen-bond acceptors (Lipinski definition) is 6. The quantitative estimate of drug-likeness (QED) is 0.507. The van der Waals surface area contributed by atoms with Gasteiger partial charge in [0.1, 0.15) is 11.9 Å². The normalized spacial score (nSPS) is 24.3. The van der Waals surface area contributed by atoms with E-state index in [1.54, 1.807) is 37.3 Å². The molecular formula is C16H19NO6. The van der Waals surface area contributed by atoms with Crippen LogP contribution in [0.4, 0.5) is 0 Å². The van der Waals surface area contributed by atoms with E-state index >= 15 is 0 Å². The zero-order valence-electron chi connectivity index (χ0n) is 13.0. The Kier molecular flexibility index (Phi) is 5.33. The summed E-state index contributed by atoms with van der Waals surface area (Å²) in [6.45, 7) is 1.76. The first-order valence-electron chi connectivity index (χ1n) is 7.31. The Morgan fingerprint density at radius 2 is 2.04 bits per heavy atom. The minimum absolute atomic E-state index is 0.0620. The number of esters is 1. The molecule has 0 heterocycles. The Hall–Kier alpha value is -2.41. The number of benzene rings is 1. The Labute approximate surface area is 133 Å². The summed E-state index contributed by atoms with van der Waals surface area (Å²) in [6, 6.07) is 7.41. The summed E-state index contributed by atoms with van der Waals surface area (Å²) in [5.41, 5.74) is 0.499. The van der Waals surface area contributed by atoms with E-state index in [1.807, 2.05) is 0 Å². The molecule has 1 N–H and O–H groups in total. The van der Waals surface area contributed by atoms with Crippen LogP contribution in [0.2, 0.25) is 0 Å². The number of methoxy groups -OCH3 is 1. The summed E-state index contributed by atoms with van der Waals surface area (Å²) < 4.78 is 10.2. The van der Waals surface area contributed by atoms with Crippen molar-refractivity contribution < 1.29 is 24.3 Å². The van der Waals surface area contributed by atoms with Gasteiger partial charge in [-0.3, -0.25) is 10.1 Å². The molecule has 7 nitrogen and oxygen atoms in total. The van der Waals surface area contributed by atoms with Gasteiger partial charge in [0, 0.05) is 18.5 Å². The van der Waals surface area contributed by atoms with Gasteiger partial charge in [-0.2, -0.15) is 0 Å². The molecule has 3 atom stereocenters. The minimum atomic E-state index is -1.18. The summed E-state index contributed by atoms with van der Waals surface area (Å²) in [5.74, 6) is -1.88. The molecule has 0 unspecified atom stereocenters. The summed E-state index contributed by atoms with van der Waals surface area (Å²) in [7, 11) is 1.35. The molecule has 0 radical (unpaired) electrons. The number of ether oxygens (including phenoxy) is 2. The van der Waals surface area contributed by atoms with Gasteiger partial charge in [-0.05, 0) is 12.5 Å². The molecule has 0 aliphatic heterocycles. The van der Waals surface area contributed by atoms with E-state index in [1.165, 1.54) is 7.11 Å². The van der Waals surface area contributed by atoms with Gasteiger partial charge in [-0.1, -0.05) is 30.3 Å². The summed E-state index contributed by atoms with van der Waals surface area (Å²) in [5, 5.41) is 21.9. The van der Waals surface area contributed by atoms with Crippen LogP contribution in [0.1, 0.15) is 24.8 Å². The lowest BCUT2D eigenvalue weighted by molar-refractivity contribution is -0.538. The molecule has 23 heavy (non-hydrogen) atoms. The van der Waals surface area contributed by atoms with Gasteiger partial charge in [0.15, 0.2) is 0 Å². The monoisotopic (exact) mass is 321 g/mol. The van der Waals surface area contributed by atoms with Gasteiger partial charge in [-0.15, -0.1) is 0 Å². The molecule has 0 saturated heterocycles. The number of carbonyl (C=O) groups excluding carboxylic acids is 1. The molecule has 1 aromatic rings. The second-order valence-corrected chi connectivity index (χ2v) is 5.22. The van der Waals surface area contributed by atoms with Crippen LogP contribution in [-0.4, -0.2) is 41.9 Å². The molecule has 124 valence electrons. The maximum absolute atomic E-state index is 12.3. The fraction of sp³-hybridized carbons (Fsp3) is 0.438. The van der Waals surface area contributed by atoms with Crippen LogP contribution in [0.5, 0.6) is 0 Å². The summed E-state index contributed by atoms with van der Waals surface area (Å²) >= 11 is 0. The van der Waals surface area contributed by atoms with Crippen molar-refractivity contribution in [3.63, 3.8) is 0 Å². The van der Waals surface area contributed by atoms with Crippen LogP contribution in [0.25, 0.3) is 0 Å². The highest BCUT2D eigenvalue weighted by molar-refractivity contribution is 5.91. The highest BCUT2D eigenvalue weighted by Crippen LogP contribution is 2.40. The second kappa shape index (κ2) is 7.23. The molecule has 2 rings (SSSR count). The first kappa shape index (κ1) is 17.0. The maximum atomic E-state index is 12.3. The predicted octanol–water partition coefficient (Wildman–Crippen LogP) is 2.21. The Bertz CT molecular complexity index is 612. The molecule has 1 aliphatic carbocycles. The van der Waals surface area contributed by atoms with Crippen molar-refractivity contribution in [1.29, 1.82) is 0 Å². The molecule has 0 saturated carbocycles. The Morgan fingerprint density at radius 1 is 1.39 bits per heavy atom. The number of aliphatic hydroxyl groups excluding tert-OH is 1. The standard InChI is InChI=1S/C16H19NO6/c1-3-23-16(19)14-11(18)9-12(22-2)15(17(20)21)13(14)10-7-5-4-6-8-10/h4-8,12-13,15,18H,3,9H2,1-2H3/t12-,13-,15-/m0/s1. The third kappa shape index (κ3) is 3.34. The lowest BCUT2D eigenvalue weighted by Gasteiger charge is -2.32. The predicted molar refractivity (Wildman–Crippen MR) is 81.7 cm³/mol. The van der Waals surface area contributed by atoms with Crippen LogP contribution in [0.3, 0.4) is 0 Å². The first-order valence-corrected chi connectivity index (χ1v) is 7.31. The smallest absolute Gasteiger partial charge is 0.338 e. The summed E-state index contributed by atoms with van der Waals surface area (Å²) in [6.07, 6.45) is -0.923. The lowest BCUT2D eigenvalue weighted by Crippen LogP contribution is -2.46. The topological polar surface area (TPSA) is 98.9 Å². The van der Waals surface area contributed by atoms with E-state index in [9.17, 15) is 20.0 Å². The van der Waals surface area contributed by atoms with Crippen LogP contribution < -0.4 is 0 Å². The average Bonchev–Trinajstić information content (AvgIpc) is 2.54. The minimum Gasteiger partial charge on any atom is -0.512 e. The number of rotatable bonds is 5. The molecule has 0 aromatic heterocycles. The zero-order valence-corrected chi connectivity index (χ0v) is 13.0. The molecule has 1 aliphatic rings. The van der Waals surface area contributed by atoms with Crippen molar-refractivity contribution in [3.05, 3.63) is 57.3 Å². The number of nitro groups is 1. The number of nitrogens with zero attached hydrogens (tertiary/aromatic N) is 1. The van der Waals surface area contributed by atoms with Crippen LogP contribution in [-0.2, 0) is 14.3 Å². The van der Waals surface area contributed by atoms with E-state index in [0.29, 0.717) is 5.56 Å². The van der Waals surface area contributed by atoms with Crippen LogP contribution in [0, 0.1) is 10.1 Å². The van der Waals surface area contributed by atoms with Crippen LogP contribution in [0.15, 0.2) is 41.7 Å². The van der Waals surface area contributed by atoms with Crippen molar-refractivity contribution >= 4 is 5.97 Å². The third-order valence-electron chi connectivity index (χ3n) is 3.94. The van der Waals surface area contributed by atoms with Gasteiger partial charge in [0.2, 0.25) is 6.04 Å². The fourth-order valence-electron chi connectivity index (χ4n) is 2.94. The van der Waals surface area contributed by atoms with Gasteiger partial charge in [0.05, 0.1) is 18.1 Å². The zero-order chi connectivity index (χ0) is 17.0. The van der Waals surface area contributed by atoms with Crippen molar-refractivity contribution in [1.82, 2.24) is 0 Å². The Balaban J connectivity index is 2.59. The SMILES string of the molecule is CCOC(=O)C1=C(O)C[C@H](OC)[C@H]([N+](=O)[O-])[C@H]1c1ccccc1.